The van der Waals surface area contributed by atoms with Gasteiger partial charge in [0.05, 0.1) is 16.9 Å². The highest BCUT2D eigenvalue weighted by Gasteiger charge is 2.12. The Kier molecular flexibility index (Phi) is 2.44. The third kappa shape index (κ3) is 1.67. The second-order valence-electron chi connectivity index (χ2n) is 3.45. The van der Waals surface area contributed by atoms with Crippen LogP contribution in [0.25, 0.3) is 5.69 Å². The van der Waals surface area contributed by atoms with E-state index in [0.717, 1.165) is 5.69 Å². The first-order chi connectivity index (χ1) is 7.59. The van der Waals surface area contributed by atoms with E-state index < -0.39 is 5.82 Å². The molecule has 82 valence electrons. The van der Waals surface area contributed by atoms with Gasteiger partial charge in [0.1, 0.15) is 11.7 Å². The molecule has 0 fully saturated rings. The number of rotatable bonds is 2. The Morgan fingerprint density at radius 3 is 2.75 bits per heavy atom. The van der Waals surface area contributed by atoms with E-state index in [-0.39, 0.29) is 11.4 Å². The molecule has 0 amide bonds. The molecule has 2 aromatic rings. The molecule has 3 N–H and O–H groups in total. The van der Waals surface area contributed by atoms with E-state index in [9.17, 15) is 4.39 Å². The van der Waals surface area contributed by atoms with Crippen LogP contribution in [0.4, 0.5) is 4.39 Å². The van der Waals surface area contributed by atoms with Crippen molar-refractivity contribution < 1.29 is 4.39 Å². The lowest BCUT2D eigenvalue weighted by atomic mass is 10.1. The molecule has 0 radical (unpaired) electrons. The number of halogens is 1. The Bertz CT molecular complexity index is 545. The first-order valence-electron chi connectivity index (χ1n) is 4.75. The third-order valence-corrected chi connectivity index (χ3v) is 2.23. The van der Waals surface area contributed by atoms with E-state index in [2.05, 4.69) is 5.10 Å². The van der Waals surface area contributed by atoms with Crippen LogP contribution < -0.4 is 5.73 Å². The molecule has 0 aliphatic rings. The zero-order chi connectivity index (χ0) is 11.7. The number of amidine groups is 1. The van der Waals surface area contributed by atoms with Crippen LogP contribution in [0.2, 0.25) is 0 Å². The van der Waals surface area contributed by atoms with Crippen LogP contribution in [0.15, 0.2) is 30.5 Å². The number of nitrogens with two attached hydrogens (primary N) is 1. The summed E-state index contributed by atoms with van der Waals surface area (Å²) < 4.78 is 15.0. The molecule has 16 heavy (non-hydrogen) atoms. The largest absolute Gasteiger partial charge is 0.384 e. The number of nitrogens with one attached hydrogen (secondary N) is 1. The zero-order valence-electron chi connectivity index (χ0n) is 8.74. The molecule has 0 bridgehead atoms. The molecule has 0 aliphatic carbocycles. The Balaban J connectivity index is 2.65. The van der Waals surface area contributed by atoms with E-state index in [4.69, 9.17) is 11.1 Å². The van der Waals surface area contributed by atoms with Gasteiger partial charge in [-0.2, -0.15) is 5.10 Å². The third-order valence-electron chi connectivity index (χ3n) is 2.23. The number of hydrogen-bond acceptors (Lipinski definition) is 2. The second kappa shape index (κ2) is 3.77. The van der Waals surface area contributed by atoms with Crippen LogP contribution in [-0.2, 0) is 0 Å². The molecular weight excluding hydrogens is 207 g/mol. The molecule has 0 saturated heterocycles. The standard InChI is InChI=1S/C11H11FN4/c1-7-5-6-16(15-7)9-4-2-3-8(12)10(9)11(13)14/h2-6H,1H3,(H3,13,14). The van der Waals surface area contributed by atoms with Gasteiger partial charge < -0.3 is 5.73 Å². The van der Waals surface area contributed by atoms with E-state index in [1.165, 1.54) is 10.7 Å². The summed E-state index contributed by atoms with van der Waals surface area (Å²) in [7, 11) is 0. The molecule has 0 spiro atoms. The summed E-state index contributed by atoms with van der Waals surface area (Å²) in [6.45, 7) is 1.84. The van der Waals surface area contributed by atoms with Gasteiger partial charge >= 0.3 is 0 Å². The summed E-state index contributed by atoms with van der Waals surface area (Å²) in [5, 5.41) is 11.5. The molecule has 0 unspecified atom stereocenters. The van der Waals surface area contributed by atoms with Gasteiger partial charge in [0.25, 0.3) is 0 Å². The van der Waals surface area contributed by atoms with Crippen LogP contribution in [0, 0.1) is 18.2 Å². The topological polar surface area (TPSA) is 67.7 Å². The smallest absolute Gasteiger partial charge is 0.136 e. The van der Waals surface area contributed by atoms with Gasteiger partial charge in [0.15, 0.2) is 0 Å². The van der Waals surface area contributed by atoms with Gasteiger partial charge in [0.2, 0.25) is 0 Å². The van der Waals surface area contributed by atoms with E-state index >= 15 is 0 Å². The van der Waals surface area contributed by atoms with Gasteiger partial charge in [0, 0.05) is 6.20 Å². The Labute approximate surface area is 92.0 Å². The van der Waals surface area contributed by atoms with Gasteiger partial charge in [-0.25, -0.2) is 9.07 Å². The lowest BCUT2D eigenvalue weighted by molar-refractivity contribution is 0.622. The minimum atomic E-state index is -0.516. The number of nitrogen functional groups attached to an aromatic ring is 1. The van der Waals surface area contributed by atoms with Crippen LogP contribution >= 0.6 is 0 Å². The van der Waals surface area contributed by atoms with Gasteiger partial charge in [-0.15, -0.1) is 0 Å². The quantitative estimate of drug-likeness (QED) is 0.594. The van der Waals surface area contributed by atoms with Gasteiger partial charge in [-0.3, -0.25) is 5.41 Å². The van der Waals surface area contributed by atoms with Crippen molar-refractivity contribution in [3.8, 4) is 5.69 Å². The summed E-state index contributed by atoms with van der Waals surface area (Å²) in [6.07, 6.45) is 1.70. The van der Waals surface area contributed by atoms with Crippen molar-refractivity contribution in [2.45, 2.75) is 6.92 Å². The summed E-state index contributed by atoms with van der Waals surface area (Å²) >= 11 is 0. The fourth-order valence-electron chi connectivity index (χ4n) is 1.52. The fraction of sp³-hybridized carbons (Fsp3) is 0.0909. The monoisotopic (exact) mass is 218 g/mol. The summed E-state index contributed by atoms with van der Waals surface area (Å²) in [6, 6.07) is 6.31. The lowest BCUT2D eigenvalue weighted by Gasteiger charge is -2.08. The van der Waals surface area contributed by atoms with E-state index in [1.54, 1.807) is 24.4 Å². The van der Waals surface area contributed by atoms with Gasteiger partial charge in [-0.05, 0) is 25.1 Å². The number of benzene rings is 1. The maximum atomic E-state index is 13.5. The molecule has 0 aliphatic heterocycles. The zero-order valence-corrected chi connectivity index (χ0v) is 8.74. The minimum absolute atomic E-state index is 0.0746. The van der Waals surface area contributed by atoms with Crippen molar-refractivity contribution in [2.75, 3.05) is 0 Å². The van der Waals surface area contributed by atoms with Crippen molar-refractivity contribution >= 4 is 5.84 Å². The van der Waals surface area contributed by atoms with Crippen molar-refractivity contribution in [1.82, 2.24) is 9.78 Å². The molecule has 1 heterocycles. The molecule has 1 aromatic heterocycles. The molecular formula is C11H11FN4. The number of aryl methyl sites for hydroxylation is 1. The number of nitrogens with zero attached hydrogens (tertiary/aromatic N) is 2. The summed E-state index contributed by atoms with van der Waals surface area (Å²) in [5.74, 6) is -0.820. The van der Waals surface area contributed by atoms with Crippen LogP contribution in [0.5, 0.6) is 0 Å². The maximum absolute atomic E-state index is 13.5. The van der Waals surface area contributed by atoms with E-state index in [0.29, 0.717) is 5.69 Å². The highest BCUT2D eigenvalue weighted by molar-refractivity contribution is 5.98. The van der Waals surface area contributed by atoms with Crippen LogP contribution in [0.3, 0.4) is 0 Å². The molecule has 0 atom stereocenters. The lowest BCUT2D eigenvalue weighted by Crippen LogP contribution is -2.17. The normalized spacial score (nSPS) is 10.4. The van der Waals surface area contributed by atoms with Crippen molar-refractivity contribution in [3.05, 3.63) is 47.5 Å². The summed E-state index contributed by atoms with van der Waals surface area (Å²) in [5.41, 5.74) is 6.73. The van der Waals surface area contributed by atoms with Crippen molar-refractivity contribution in [2.24, 2.45) is 5.73 Å². The fourth-order valence-corrected chi connectivity index (χ4v) is 1.52. The highest BCUT2D eigenvalue weighted by atomic mass is 19.1. The molecule has 0 saturated carbocycles. The van der Waals surface area contributed by atoms with Crippen molar-refractivity contribution in [3.63, 3.8) is 0 Å². The summed E-state index contributed by atoms with van der Waals surface area (Å²) in [4.78, 5) is 0. The SMILES string of the molecule is Cc1ccn(-c2cccc(F)c2C(=N)N)n1. The van der Waals surface area contributed by atoms with E-state index in [1.807, 2.05) is 6.92 Å². The predicted octanol–water partition coefficient (Wildman–Crippen LogP) is 1.60. The number of aromatic nitrogens is 2. The highest BCUT2D eigenvalue weighted by Crippen LogP contribution is 2.17. The maximum Gasteiger partial charge on any atom is 0.136 e. The Morgan fingerprint density at radius 1 is 1.44 bits per heavy atom. The first kappa shape index (κ1) is 10.4. The molecule has 2 rings (SSSR count). The molecule has 1 aromatic carbocycles. The first-order valence-corrected chi connectivity index (χ1v) is 4.75. The van der Waals surface area contributed by atoms with Crippen molar-refractivity contribution in [1.29, 1.82) is 5.41 Å². The molecule has 5 heteroatoms. The Hall–Kier alpha value is -2.17. The van der Waals surface area contributed by atoms with Crippen LogP contribution in [0.1, 0.15) is 11.3 Å². The molecule has 4 nitrogen and oxygen atoms in total. The Morgan fingerprint density at radius 2 is 2.19 bits per heavy atom. The van der Waals surface area contributed by atoms with Gasteiger partial charge in [-0.1, -0.05) is 6.07 Å². The second-order valence-corrected chi connectivity index (χ2v) is 3.45. The predicted molar refractivity (Wildman–Crippen MR) is 59.3 cm³/mol. The minimum Gasteiger partial charge on any atom is -0.384 e. The average Bonchev–Trinajstić information content (AvgIpc) is 2.63. The van der Waals surface area contributed by atoms with Crippen LogP contribution in [-0.4, -0.2) is 15.6 Å². The average molecular weight is 218 g/mol. The number of hydrogen-bond donors (Lipinski definition) is 2.